The van der Waals surface area contributed by atoms with Crippen LogP contribution in [0.15, 0.2) is 24.3 Å². The highest BCUT2D eigenvalue weighted by molar-refractivity contribution is 5.91. The minimum absolute atomic E-state index is 0.0173. The van der Waals surface area contributed by atoms with Gasteiger partial charge >= 0.3 is 0 Å². The lowest BCUT2D eigenvalue weighted by Crippen LogP contribution is -2.34. The van der Waals surface area contributed by atoms with Gasteiger partial charge in [-0.05, 0) is 56.1 Å². The fourth-order valence-electron chi connectivity index (χ4n) is 2.88. The van der Waals surface area contributed by atoms with Gasteiger partial charge in [0.2, 0.25) is 11.8 Å². The molecule has 132 valence electrons. The summed E-state index contributed by atoms with van der Waals surface area (Å²) in [6.07, 6.45) is 3.08. The lowest BCUT2D eigenvalue weighted by Gasteiger charge is -2.16. The van der Waals surface area contributed by atoms with E-state index in [1.54, 1.807) is 0 Å². The maximum Gasteiger partial charge on any atom is 0.224 e. The van der Waals surface area contributed by atoms with Crippen LogP contribution in [0, 0.1) is 11.7 Å². The van der Waals surface area contributed by atoms with E-state index < -0.39 is 0 Å². The zero-order chi connectivity index (χ0) is 17.4. The molecule has 1 atom stereocenters. The molecular weight excluding hydrogens is 309 g/mol. The van der Waals surface area contributed by atoms with Crippen molar-refractivity contribution in [1.82, 2.24) is 10.2 Å². The Morgan fingerprint density at radius 1 is 1.12 bits per heavy atom. The van der Waals surface area contributed by atoms with Crippen molar-refractivity contribution in [2.24, 2.45) is 5.92 Å². The van der Waals surface area contributed by atoms with Gasteiger partial charge in [-0.1, -0.05) is 6.92 Å². The number of carbonyl (C=O) groups is 2. The third-order valence-corrected chi connectivity index (χ3v) is 4.14. The summed E-state index contributed by atoms with van der Waals surface area (Å²) in [6.45, 7) is 5.68. The Balaban J connectivity index is 1.62. The average molecular weight is 335 g/mol. The lowest BCUT2D eigenvalue weighted by atomic mass is 10.0. The predicted octanol–water partition coefficient (Wildman–Crippen LogP) is 2.39. The molecule has 1 heterocycles. The third kappa shape index (κ3) is 6.66. The molecule has 0 radical (unpaired) electrons. The zero-order valence-corrected chi connectivity index (χ0v) is 14.2. The number of carbonyl (C=O) groups excluding carboxylic acids is 2. The second kappa shape index (κ2) is 9.37. The van der Waals surface area contributed by atoms with Gasteiger partial charge in [0.25, 0.3) is 0 Å². The molecule has 0 bridgehead atoms. The van der Waals surface area contributed by atoms with E-state index in [9.17, 15) is 14.0 Å². The van der Waals surface area contributed by atoms with Crippen LogP contribution >= 0.6 is 0 Å². The van der Waals surface area contributed by atoms with E-state index in [2.05, 4.69) is 15.5 Å². The Morgan fingerprint density at radius 2 is 1.75 bits per heavy atom. The standard InChI is InChI=1S/C18H26FN3O2/c1-14(12-17(23)20-8-11-22-9-2-3-10-22)13-18(24)21-16-6-4-15(19)5-7-16/h4-7,14H,2-3,8-13H2,1H3,(H,20,23)(H,21,24). The third-order valence-electron chi connectivity index (χ3n) is 4.14. The number of nitrogens with one attached hydrogen (secondary N) is 2. The molecule has 1 aromatic rings. The molecular formula is C18H26FN3O2. The normalized spacial score (nSPS) is 15.9. The molecule has 1 unspecified atom stereocenters. The van der Waals surface area contributed by atoms with E-state index in [1.165, 1.54) is 37.1 Å². The molecule has 6 heteroatoms. The summed E-state index contributed by atoms with van der Waals surface area (Å²) in [6, 6.07) is 5.63. The quantitative estimate of drug-likeness (QED) is 0.767. The van der Waals surface area contributed by atoms with Crippen LogP contribution in [0.25, 0.3) is 0 Å². The SMILES string of the molecule is CC(CC(=O)NCCN1CCCC1)CC(=O)Nc1ccc(F)cc1. The van der Waals surface area contributed by atoms with Crippen molar-refractivity contribution in [2.45, 2.75) is 32.6 Å². The molecule has 2 amide bonds. The topological polar surface area (TPSA) is 61.4 Å². The van der Waals surface area contributed by atoms with Crippen molar-refractivity contribution >= 4 is 17.5 Å². The minimum atomic E-state index is -0.341. The molecule has 2 N–H and O–H groups in total. The van der Waals surface area contributed by atoms with Crippen molar-refractivity contribution in [3.63, 3.8) is 0 Å². The molecule has 0 spiro atoms. The summed E-state index contributed by atoms with van der Waals surface area (Å²) < 4.78 is 12.8. The number of anilines is 1. The Kier molecular flexibility index (Phi) is 7.18. The van der Waals surface area contributed by atoms with E-state index in [0.29, 0.717) is 18.7 Å². The Hall–Kier alpha value is -1.95. The smallest absolute Gasteiger partial charge is 0.224 e. The van der Waals surface area contributed by atoms with Crippen LogP contribution in [0.4, 0.5) is 10.1 Å². The first kappa shape index (κ1) is 18.4. The van der Waals surface area contributed by atoms with Crippen LogP contribution in [0.5, 0.6) is 0 Å². The number of rotatable bonds is 8. The highest BCUT2D eigenvalue weighted by atomic mass is 19.1. The van der Waals surface area contributed by atoms with Gasteiger partial charge in [-0.2, -0.15) is 0 Å². The summed E-state index contributed by atoms with van der Waals surface area (Å²) in [5.41, 5.74) is 0.559. The number of nitrogens with zero attached hydrogens (tertiary/aromatic N) is 1. The van der Waals surface area contributed by atoms with Crippen molar-refractivity contribution in [3.8, 4) is 0 Å². The summed E-state index contributed by atoms with van der Waals surface area (Å²) in [7, 11) is 0. The molecule has 1 aliphatic rings. The van der Waals surface area contributed by atoms with Gasteiger partial charge in [-0.25, -0.2) is 4.39 Å². The minimum Gasteiger partial charge on any atom is -0.355 e. The molecule has 24 heavy (non-hydrogen) atoms. The highest BCUT2D eigenvalue weighted by Gasteiger charge is 2.15. The van der Waals surface area contributed by atoms with Crippen molar-refractivity contribution in [3.05, 3.63) is 30.1 Å². The van der Waals surface area contributed by atoms with Gasteiger partial charge in [0.1, 0.15) is 5.82 Å². The Morgan fingerprint density at radius 3 is 2.42 bits per heavy atom. The molecule has 0 aromatic heterocycles. The summed E-state index contributed by atoms with van der Waals surface area (Å²) in [5.74, 6) is -0.570. The van der Waals surface area contributed by atoms with Gasteiger partial charge in [-0.3, -0.25) is 9.59 Å². The molecule has 0 aliphatic carbocycles. The van der Waals surface area contributed by atoms with Crippen LogP contribution in [0.2, 0.25) is 0 Å². The zero-order valence-electron chi connectivity index (χ0n) is 14.2. The van der Waals surface area contributed by atoms with Crippen LogP contribution in [-0.4, -0.2) is 42.9 Å². The van der Waals surface area contributed by atoms with Crippen LogP contribution < -0.4 is 10.6 Å². The number of hydrogen-bond acceptors (Lipinski definition) is 3. The van der Waals surface area contributed by atoms with Crippen LogP contribution in [0.3, 0.4) is 0 Å². The van der Waals surface area contributed by atoms with Gasteiger partial charge < -0.3 is 15.5 Å². The number of halogens is 1. The second-order valence-corrected chi connectivity index (χ2v) is 6.47. The largest absolute Gasteiger partial charge is 0.355 e. The second-order valence-electron chi connectivity index (χ2n) is 6.47. The maximum atomic E-state index is 12.8. The Labute approximate surface area is 142 Å². The van der Waals surface area contributed by atoms with Gasteiger partial charge in [0, 0.05) is 31.6 Å². The predicted molar refractivity (Wildman–Crippen MR) is 92.1 cm³/mol. The number of likely N-dealkylation sites (tertiary alicyclic amines) is 1. The number of benzene rings is 1. The fraction of sp³-hybridized carbons (Fsp3) is 0.556. The monoisotopic (exact) mass is 335 g/mol. The van der Waals surface area contributed by atoms with Crippen LogP contribution in [-0.2, 0) is 9.59 Å². The van der Waals surface area contributed by atoms with E-state index in [-0.39, 0.29) is 30.0 Å². The molecule has 2 rings (SSSR count). The van der Waals surface area contributed by atoms with E-state index >= 15 is 0 Å². The molecule has 5 nitrogen and oxygen atoms in total. The fourth-order valence-corrected chi connectivity index (χ4v) is 2.88. The van der Waals surface area contributed by atoms with Gasteiger partial charge in [0.05, 0.1) is 0 Å². The Bertz CT molecular complexity index is 542. The van der Waals surface area contributed by atoms with Gasteiger partial charge in [0.15, 0.2) is 0 Å². The first-order valence-corrected chi connectivity index (χ1v) is 8.57. The lowest BCUT2D eigenvalue weighted by molar-refractivity contribution is -0.122. The first-order valence-electron chi connectivity index (χ1n) is 8.57. The number of amides is 2. The van der Waals surface area contributed by atoms with Crippen molar-refractivity contribution in [1.29, 1.82) is 0 Å². The van der Waals surface area contributed by atoms with Crippen molar-refractivity contribution < 1.29 is 14.0 Å². The van der Waals surface area contributed by atoms with Crippen LogP contribution in [0.1, 0.15) is 32.6 Å². The molecule has 1 fully saturated rings. The average Bonchev–Trinajstić information content (AvgIpc) is 3.02. The summed E-state index contributed by atoms with van der Waals surface area (Å²) >= 11 is 0. The molecule has 1 aromatic carbocycles. The molecule has 0 saturated carbocycles. The maximum absolute atomic E-state index is 12.8. The van der Waals surface area contributed by atoms with E-state index in [4.69, 9.17) is 0 Å². The van der Waals surface area contributed by atoms with Crippen molar-refractivity contribution in [2.75, 3.05) is 31.5 Å². The summed E-state index contributed by atoms with van der Waals surface area (Å²) in [5, 5.41) is 5.63. The molecule has 1 saturated heterocycles. The summed E-state index contributed by atoms with van der Waals surface area (Å²) in [4.78, 5) is 26.2. The van der Waals surface area contributed by atoms with E-state index in [0.717, 1.165) is 19.6 Å². The highest BCUT2D eigenvalue weighted by Crippen LogP contribution is 2.12. The first-order chi connectivity index (χ1) is 11.5. The molecule has 1 aliphatic heterocycles. The van der Waals surface area contributed by atoms with E-state index in [1.807, 2.05) is 6.92 Å². The van der Waals surface area contributed by atoms with Gasteiger partial charge in [-0.15, -0.1) is 0 Å². The number of hydrogen-bond donors (Lipinski definition) is 2.